The summed E-state index contributed by atoms with van der Waals surface area (Å²) in [6, 6.07) is 11.4. The molecule has 1 aliphatic rings. The van der Waals surface area contributed by atoms with Gasteiger partial charge in [0.25, 0.3) is 0 Å². The molecule has 1 N–H and O–H groups in total. The number of benzene rings is 1. The van der Waals surface area contributed by atoms with Gasteiger partial charge >= 0.3 is 0 Å². The average molecular weight is 260 g/mol. The van der Waals surface area contributed by atoms with E-state index in [1.165, 1.54) is 24.9 Å². The Bertz CT molecular complexity index is 370. The zero-order valence-corrected chi connectivity index (χ0v) is 12.7. The molecule has 0 bridgehead atoms. The molecule has 2 rings (SSSR count). The first kappa shape index (κ1) is 14.5. The van der Waals surface area contributed by atoms with Crippen LogP contribution in [0.2, 0.25) is 0 Å². The van der Waals surface area contributed by atoms with Crippen LogP contribution >= 0.6 is 0 Å². The van der Waals surface area contributed by atoms with Crippen LogP contribution in [-0.4, -0.2) is 36.1 Å². The second-order valence-corrected chi connectivity index (χ2v) is 5.74. The smallest absolute Gasteiger partial charge is 0.0329 e. The number of piperazine rings is 1. The minimum Gasteiger partial charge on any atom is -0.311 e. The highest BCUT2D eigenvalue weighted by Gasteiger charge is 2.37. The lowest BCUT2D eigenvalue weighted by molar-refractivity contribution is 0.0365. The van der Waals surface area contributed by atoms with Crippen molar-refractivity contribution in [1.82, 2.24) is 10.2 Å². The van der Waals surface area contributed by atoms with E-state index >= 15 is 0 Å². The van der Waals surface area contributed by atoms with Crippen LogP contribution in [0, 0.1) is 0 Å². The molecular weight excluding hydrogens is 232 g/mol. The molecule has 0 aromatic heterocycles. The van der Waals surface area contributed by atoms with Gasteiger partial charge in [0.1, 0.15) is 0 Å². The highest BCUT2D eigenvalue weighted by Crippen LogP contribution is 2.27. The molecule has 0 radical (unpaired) electrons. The van der Waals surface area contributed by atoms with Crippen LogP contribution in [0.4, 0.5) is 0 Å². The summed E-state index contributed by atoms with van der Waals surface area (Å²) in [5, 5.41) is 3.78. The van der Waals surface area contributed by atoms with Crippen LogP contribution in [-0.2, 0) is 6.42 Å². The highest BCUT2D eigenvalue weighted by molar-refractivity contribution is 5.16. The molecule has 1 aromatic carbocycles. The minimum atomic E-state index is 0.377. The summed E-state index contributed by atoms with van der Waals surface area (Å²) in [4.78, 5) is 2.69. The van der Waals surface area contributed by atoms with E-state index in [1.54, 1.807) is 0 Å². The summed E-state index contributed by atoms with van der Waals surface area (Å²) >= 11 is 0. The van der Waals surface area contributed by atoms with Crippen LogP contribution in [0.15, 0.2) is 30.3 Å². The molecule has 1 saturated heterocycles. The number of hydrogen-bond donors (Lipinski definition) is 1. The van der Waals surface area contributed by atoms with E-state index in [0.29, 0.717) is 11.6 Å². The van der Waals surface area contributed by atoms with E-state index in [2.05, 4.69) is 61.3 Å². The Morgan fingerprint density at radius 2 is 1.84 bits per heavy atom. The zero-order valence-electron chi connectivity index (χ0n) is 12.7. The second kappa shape index (κ2) is 6.53. The van der Waals surface area contributed by atoms with Crippen molar-refractivity contribution in [3.63, 3.8) is 0 Å². The van der Waals surface area contributed by atoms with Gasteiger partial charge in [-0.15, -0.1) is 0 Å². The maximum absolute atomic E-state index is 3.78. The SMILES string of the molecule is CCN1CC(Cc2ccccc2)NCC1(CC)CC. The molecule has 0 spiro atoms. The summed E-state index contributed by atoms with van der Waals surface area (Å²) in [5.41, 5.74) is 1.82. The molecule has 1 fully saturated rings. The van der Waals surface area contributed by atoms with Crippen molar-refractivity contribution in [3.05, 3.63) is 35.9 Å². The maximum atomic E-state index is 3.78. The molecule has 1 heterocycles. The first-order valence-electron chi connectivity index (χ1n) is 7.76. The summed E-state index contributed by atoms with van der Waals surface area (Å²) in [7, 11) is 0. The minimum absolute atomic E-state index is 0.377. The molecule has 0 amide bonds. The van der Waals surface area contributed by atoms with Gasteiger partial charge in [-0.25, -0.2) is 0 Å². The third-order valence-electron chi connectivity index (χ3n) is 4.85. The van der Waals surface area contributed by atoms with E-state index in [-0.39, 0.29) is 0 Å². The van der Waals surface area contributed by atoms with Gasteiger partial charge in [0.2, 0.25) is 0 Å². The summed E-state index contributed by atoms with van der Waals surface area (Å²) < 4.78 is 0. The van der Waals surface area contributed by atoms with Gasteiger partial charge in [0.05, 0.1) is 0 Å². The number of rotatable bonds is 5. The Balaban J connectivity index is 2.01. The molecule has 0 aliphatic carbocycles. The van der Waals surface area contributed by atoms with Crippen molar-refractivity contribution >= 4 is 0 Å². The molecule has 0 saturated carbocycles. The number of nitrogens with one attached hydrogen (secondary N) is 1. The molecule has 1 atom stereocenters. The van der Waals surface area contributed by atoms with E-state index in [1.807, 2.05) is 0 Å². The molecule has 1 aromatic rings. The molecular formula is C17H28N2. The molecule has 19 heavy (non-hydrogen) atoms. The summed E-state index contributed by atoms with van der Waals surface area (Å²) in [6.45, 7) is 10.4. The van der Waals surface area contributed by atoms with Crippen LogP contribution in [0.3, 0.4) is 0 Å². The van der Waals surface area contributed by atoms with Crippen molar-refractivity contribution in [2.45, 2.75) is 51.6 Å². The number of hydrogen-bond acceptors (Lipinski definition) is 2. The monoisotopic (exact) mass is 260 g/mol. The lowest BCUT2D eigenvalue weighted by Gasteiger charge is -2.49. The third kappa shape index (κ3) is 3.18. The van der Waals surface area contributed by atoms with E-state index in [0.717, 1.165) is 19.5 Å². The third-order valence-corrected chi connectivity index (χ3v) is 4.85. The van der Waals surface area contributed by atoms with Gasteiger partial charge < -0.3 is 5.32 Å². The van der Waals surface area contributed by atoms with E-state index in [9.17, 15) is 0 Å². The average Bonchev–Trinajstić information content (AvgIpc) is 2.48. The Kier molecular flexibility index (Phi) is 5.00. The lowest BCUT2D eigenvalue weighted by Crippen LogP contribution is -2.64. The van der Waals surface area contributed by atoms with Crippen LogP contribution < -0.4 is 5.32 Å². The van der Waals surface area contributed by atoms with E-state index < -0.39 is 0 Å². The largest absolute Gasteiger partial charge is 0.311 e. The number of nitrogens with zero attached hydrogens (tertiary/aromatic N) is 1. The Labute approximate surface area is 118 Å². The van der Waals surface area contributed by atoms with Gasteiger partial charge in [-0.2, -0.15) is 0 Å². The van der Waals surface area contributed by atoms with Crippen LogP contribution in [0.1, 0.15) is 39.2 Å². The normalized spacial score (nSPS) is 23.4. The summed E-state index contributed by atoms with van der Waals surface area (Å²) in [5.74, 6) is 0. The van der Waals surface area contributed by atoms with Gasteiger partial charge in [-0.1, -0.05) is 51.1 Å². The Morgan fingerprint density at radius 1 is 1.16 bits per heavy atom. The van der Waals surface area contributed by atoms with Crippen molar-refractivity contribution in [2.24, 2.45) is 0 Å². The lowest BCUT2D eigenvalue weighted by atomic mass is 9.86. The molecule has 2 heteroatoms. The Morgan fingerprint density at radius 3 is 2.42 bits per heavy atom. The van der Waals surface area contributed by atoms with Crippen LogP contribution in [0.5, 0.6) is 0 Å². The first-order chi connectivity index (χ1) is 9.24. The van der Waals surface area contributed by atoms with Crippen molar-refractivity contribution < 1.29 is 0 Å². The van der Waals surface area contributed by atoms with Crippen molar-refractivity contribution in [3.8, 4) is 0 Å². The van der Waals surface area contributed by atoms with E-state index in [4.69, 9.17) is 0 Å². The number of likely N-dealkylation sites (N-methyl/N-ethyl adjacent to an activating group) is 1. The Hall–Kier alpha value is -0.860. The second-order valence-electron chi connectivity index (χ2n) is 5.74. The quantitative estimate of drug-likeness (QED) is 0.875. The predicted octanol–water partition coefficient (Wildman–Crippen LogP) is 3.08. The van der Waals surface area contributed by atoms with Gasteiger partial charge in [-0.3, -0.25) is 4.90 Å². The van der Waals surface area contributed by atoms with Gasteiger partial charge in [0.15, 0.2) is 0 Å². The fourth-order valence-corrected chi connectivity index (χ4v) is 3.42. The highest BCUT2D eigenvalue weighted by atomic mass is 15.3. The zero-order chi connectivity index (χ0) is 13.7. The standard InChI is InChI=1S/C17H28N2/c1-4-17(5-2)14-18-16(13-19(17)6-3)12-15-10-8-7-9-11-15/h7-11,16,18H,4-6,12-14H2,1-3H3. The molecule has 106 valence electrons. The topological polar surface area (TPSA) is 15.3 Å². The molecule has 1 unspecified atom stereocenters. The fourth-order valence-electron chi connectivity index (χ4n) is 3.42. The predicted molar refractivity (Wildman–Crippen MR) is 82.5 cm³/mol. The summed E-state index contributed by atoms with van der Waals surface area (Å²) in [6.07, 6.45) is 3.62. The van der Waals surface area contributed by atoms with Crippen molar-refractivity contribution in [1.29, 1.82) is 0 Å². The first-order valence-corrected chi connectivity index (χ1v) is 7.76. The molecule has 1 aliphatic heterocycles. The van der Waals surface area contributed by atoms with Crippen LogP contribution in [0.25, 0.3) is 0 Å². The van der Waals surface area contributed by atoms with Gasteiger partial charge in [0, 0.05) is 24.7 Å². The maximum Gasteiger partial charge on any atom is 0.0329 e. The van der Waals surface area contributed by atoms with Gasteiger partial charge in [-0.05, 0) is 31.4 Å². The molecule has 2 nitrogen and oxygen atoms in total. The van der Waals surface area contributed by atoms with Crippen molar-refractivity contribution in [2.75, 3.05) is 19.6 Å². The fraction of sp³-hybridized carbons (Fsp3) is 0.647.